The highest BCUT2D eigenvalue weighted by molar-refractivity contribution is 8.07. The van der Waals surface area contributed by atoms with E-state index in [4.69, 9.17) is 43.8 Å². The van der Waals surface area contributed by atoms with Gasteiger partial charge in [-0.3, -0.25) is 42.5 Å². The standard InChI is InChI=1S/C36H39FN11O12PS2/c1-18(2)31(49)45-36-44-30-24(33(51)46-36)42-17-48(30)35-27-26(54-3)20(57-35)10-13-63(52,53)60-25-21(14-56-61(62,59-27)55-12-7-11-38)58-34(22(25)37)47-16-41-23-28(39-15-40-29(23)47)43-32(50)19-8-5-4-6-9-19/h4-6,8-9,15-18,20-22,25-27,34-35H,7,10,12-14H2,1-3H3,(H,39,40,43,50)(H2,44,45,46,49,51)/t20-,21-,22-,25-,26-,27-,34-,35-,61+/m1/s1. The number of imidazole rings is 2. The van der Waals surface area contributed by atoms with Gasteiger partial charge in [0, 0.05) is 18.6 Å². The molecule has 3 N–H and O–H groups in total. The Bertz CT molecular complexity index is 2790. The molecule has 3 fully saturated rings. The normalized spacial score (nSPS) is 28.4. The van der Waals surface area contributed by atoms with Crippen LogP contribution < -0.4 is 16.2 Å². The van der Waals surface area contributed by atoms with Gasteiger partial charge in [0.1, 0.15) is 30.7 Å². The molecule has 0 radical (unpaired) electrons. The number of carbonyl (C=O) groups excluding carboxylic acids is 2. The summed E-state index contributed by atoms with van der Waals surface area (Å²) in [6.07, 6.45) is -8.63. The van der Waals surface area contributed by atoms with Crippen molar-refractivity contribution in [3.05, 3.63) is 65.2 Å². The topological polar surface area (TPSA) is 288 Å². The van der Waals surface area contributed by atoms with Gasteiger partial charge in [-0.2, -0.15) is 18.7 Å². The molecule has 2 amide bonds. The Balaban J connectivity index is 1.12. The van der Waals surface area contributed by atoms with Crippen molar-refractivity contribution >= 4 is 74.6 Å². The van der Waals surface area contributed by atoms with Crippen molar-refractivity contribution in [2.75, 3.05) is 36.7 Å². The maximum atomic E-state index is 16.8. The quantitative estimate of drug-likeness (QED) is 0.103. The van der Waals surface area contributed by atoms with Crippen LogP contribution in [0.4, 0.5) is 16.2 Å². The van der Waals surface area contributed by atoms with Crippen molar-refractivity contribution < 1.29 is 54.4 Å². The smallest absolute Gasteiger partial charge is 0.327 e. The maximum absolute atomic E-state index is 16.8. The molecule has 5 aromatic rings. The number of anilines is 2. The number of alkyl halides is 1. The number of hydrogen-bond donors (Lipinski definition) is 3. The highest BCUT2D eigenvalue weighted by atomic mass is 32.5. The number of aromatic nitrogens is 8. The van der Waals surface area contributed by atoms with E-state index in [2.05, 4.69) is 40.5 Å². The van der Waals surface area contributed by atoms with Gasteiger partial charge in [0.25, 0.3) is 21.6 Å². The monoisotopic (exact) mass is 931 g/mol. The number of nitrogens with one attached hydrogen (secondary N) is 3. The summed E-state index contributed by atoms with van der Waals surface area (Å²) in [5, 5.41) is 14.6. The Morgan fingerprint density at radius 2 is 1.78 bits per heavy atom. The second-order valence-electron chi connectivity index (χ2n) is 14.7. The summed E-state index contributed by atoms with van der Waals surface area (Å²) in [4.78, 5) is 62.3. The number of nitrogens with zero attached hydrogens (tertiary/aromatic N) is 8. The third-order valence-electron chi connectivity index (χ3n) is 10.2. The fraction of sp³-hybridized carbons (Fsp3) is 0.472. The maximum Gasteiger partial charge on any atom is 0.327 e. The van der Waals surface area contributed by atoms with Gasteiger partial charge >= 0.3 is 6.72 Å². The number of nitriles is 1. The molecular weight excluding hydrogens is 893 g/mol. The largest absolute Gasteiger partial charge is 0.376 e. The minimum atomic E-state index is -4.58. The zero-order valence-corrected chi connectivity index (χ0v) is 36.0. The molecule has 2 bridgehead atoms. The molecule has 334 valence electrons. The van der Waals surface area contributed by atoms with Gasteiger partial charge in [0.15, 0.2) is 46.8 Å². The van der Waals surface area contributed by atoms with E-state index in [1.54, 1.807) is 44.2 Å². The molecule has 63 heavy (non-hydrogen) atoms. The van der Waals surface area contributed by atoms with Crippen molar-refractivity contribution in [3.8, 4) is 6.07 Å². The first-order chi connectivity index (χ1) is 30.2. The Hall–Kier alpha value is -5.20. The van der Waals surface area contributed by atoms with Crippen LogP contribution in [-0.4, -0.2) is 122 Å². The second-order valence-corrected chi connectivity index (χ2v) is 19.4. The van der Waals surface area contributed by atoms with Crippen LogP contribution in [0.5, 0.6) is 0 Å². The van der Waals surface area contributed by atoms with Crippen LogP contribution in [0.2, 0.25) is 0 Å². The van der Waals surface area contributed by atoms with Crippen molar-refractivity contribution in [1.29, 1.82) is 5.26 Å². The number of halogens is 1. The third kappa shape index (κ3) is 9.11. The van der Waals surface area contributed by atoms with Crippen LogP contribution >= 0.6 is 6.72 Å². The van der Waals surface area contributed by atoms with Gasteiger partial charge in [-0.15, -0.1) is 0 Å². The molecule has 3 aliphatic heterocycles. The number of H-pyrrole nitrogens is 1. The molecule has 4 aromatic heterocycles. The molecule has 3 saturated heterocycles. The first-order valence-corrected chi connectivity index (χ1v) is 23.5. The van der Waals surface area contributed by atoms with Gasteiger partial charge in [-0.25, -0.2) is 24.3 Å². The first kappa shape index (κ1) is 44.4. The van der Waals surface area contributed by atoms with E-state index >= 15 is 4.39 Å². The van der Waals surface area contributed by atoms with Crippen LogP contribution in [0.1, 0.15) is 49.5 Å². The van der Waals surface area contributed by atoms with E-state index in [1.165, 1.54) is 28.9 Å². The first-order valence-electron chi connectivity index (χ1n) is 19.3. The molecule has 9 atom stereocenters. The number of carbonyl (C=O) groups is 2. The van der Waals surface area contributed by atoms with Gasteiger partial charge in [-0.1, -0.05) is 32.0 Å². The summed E-state index contributed by atoms with van der Waals surface area (Å²) >= 11 is 5.88. The fourth-order valence-corrected chi connectivity index (χ4v) is 10.4. The lowest BCUT2D eigenvalue weighted by Crippen LogP contribution is -2.37. The summed E-state index contributed by atoms with van der Waals surface area (Å²) in [5.74, 6) is -2.23. The Morgan fingerprint density at radius 1 is 1.05 bits per heavy atom. The molecule has 0 saturated carbocycles. The molecule has 1 aromatic carbocycles. The molecule has 0 spiro atoms. The number of fused-ring (bicyclic) bond motifs is 5. The SMILES string of the molecule is CO[C@H]1[C@H]2O[P@](=S)(OCCC#N)OC[C@H]3O[C@@H](n4cnc5c(NC(=O)c6ccccc6)ncnc54)[C@H](F)[C@@H]3OS(=O)(=O)CC[C@H]1O[C@H]2n1cnc2c(=O)[nH]c(NC(=O)C(C)C)nc21. The number of hydrogen-bond acceptors (Lipinski definition) is 19. The minimum Gasteiger partial charge on any atom is -0.376 e. The highest BCUT2D eigenvalue weighted by Gasteiger charge is 2.54. The summed E-state index contributed by atoms with van der Waals surface area (Å²) in [6.45, 7) is -1.67. The number of amides is 2. The summed E-state index contributed by atoms with van der Waals surface area (Å²) < 4.78 is 89.2. The van der Waals surface area contributed by atoms with Crippen molar-refractivity contribution in [2.24, 2.45) is 5.92 Å². The lowest BCUT2D eigenvalue weighted by Gasteiger charge is -2.30. The molecule has 3 aliphatic rings. The molecular formula is C36H39FN11O12PS2. The number of rotatable bonds is 10. The average Bonchev–Trinajstić information content (AvgIpc) is 4.03. The van der Waals surface area contributed by atoms with Crippen LogP contribution in [-0.2, 0) is 58.7 Å². The van der Waals surface area contributed by atoms with Crippen LogP contribution in [0.25, 0.3) is 22.3 Å². The lowest BCUT2D eigenvalue weighted by molar-refractivity contribution is -0.118. The van der Waals surface area contributed by atoms with Crippen molar-refractivity contribution in [3.63, 3.8) is 0 Å². The van der Waals surface area contributed by atoms with Gasteiger partial charge in [0.2, 0.25) is 11.9 Å². The zero-order valence-electron chi connectivity index (χ0n) is 33.5. The molecule has 0 unspecified atom stereocenters. The lowest BCUT2D eigenvalue weighted by atomic mass is 10.1. The number of methoxy groups -OCH3 is 1. The Labute approximate surface area is 361 Å². The molecule has 8 rings (SSSR count). The van der Waals surface area contributed by atoms with E-state index in [-0.39, 0.29) is 53.5 Å². The predicted octanol–water partition coefficient (Wildman–Crippen LogP) is 2.63. The number of aromatic amines is 1. The van der Waals surface area contributed by atoms with Gasteiger partial charge < -0.3 is 28.6 Å². The molecule has 23 nitrogen and oxygen atoms in total. The van der Waals surface area contributed by atoms with Crippen LogP contribution in [0.15, 0.2) is 54.1 Å². The van der Waals surface area contributed by atoms with Crippen molar-refractivity contribution in [2.45, 2.75) is 75.8 Å². The molecule has 27 heteroatoms. The van der Waals surface area contributed by atoms with E-state index in [9.17, 15) is 28.1 Å². The number of ether oxygens (including phenoxy) is 3. The van der Waals surface area contributed by atoms with Crippen molar-refractivity contribution in [1.82, 2.24) is 39.0 Å². The highest BCUT2D eigenvalue weighted by Crippen LogP contribution is 2.55. The summed E-state index contributed by atoms with van der Waals surface area (Å²) in [5.41, 5.74) is -0.402. The van der Waals surface area contributed by atoms with E-state index < -0.39 is 102 Å². The second kappa shape index (κ2) is 18.1. The Kier molecular flexibility index (Phi) is 12.8. The predicted molar refractivity (Wildman–Crippen MR) is 219 cm³/mol. The summed E-state index contributed by atoms with van der Waals surface area (Å²) in [6, 6.07) is 10.3. The molecule has 0 aliphatic carbocycles. The van der Waals surface area contributed by atoms with Gasteiger partial charge in [0.05, 0.1) is 50.2 Å². The van der Waals surface area contributed by atoms with Crippen LogP contribution in [0, 0.1) is 17.2 Å². The van der Waals surface area contributed by atoms with E-state index in [0.29, 0.717) is 5.56 Å². The average molecular weight is 932 g/mol. The minimum absolute atomic E-state index is 0.0206. The zero-order chi connectivity index (χ0) is 44.6. The van der Waals surface area contributed by atoms with E-state index in [0.717, 1.165) is 6.33 Å². The number of benzene rings is 1. The fourth-order valence-electron chi connectivity index (χ4n) is 7.15. The summed E-state index contributed by atoms with van der Waals surface area (Å²) in [7, 11) is -3.25. The van der Waals surface area contributed by atoms with E-state index in [1.807, 2.05) is 6.07 Å². The van der Waals surface area contributed by atoms with Gasteiger partial charge in [-0.05, 0) is 30.4 Å². The third-order valence-corrected chi connectivity index (χ3v) is 13.8. The Morgan fingerprint density at radius 3 is 2.51 bits per heavy atom. The van der Waals surface area contributed by atoms with Crippen LogP contribution in [0.3, 0.4) is 0 Å². The molecule has 7 heterocycles.